The molecule has 0 aromatic rings. The monoisotopic (exact) mass is 605 g/mol. The number of rotatable bonds is 20. The Morgan fingerprint density at radius 2 is 1.14 bits per heavy atom. The maximum absolute atomic E-state index is 13.3. The van der Waals surface area contributed by atoms with Crippen LogP contribution in [0.3, 0.4) is 0 Å². The number of carbonyl (C=O) groups is 6. The molecule has 0 aliphatic rings. The second kappa shape index (κ2) is 19.7. The van der Waals surface area contributed by atoms with E-state index in [0.717, 1.165) is 0 Å². The summed E-state index contributed by atoms with van der Waals surface area (Å²) in [7, 11) is 0. The fourth-order valence-corrected chi connectivity index (χ4v) is 3.55. The van der Waals surface area contributed by atoms with E-state index in [1.54, 1.807) is 13.8 Å². The maximum atomic E-state index is 13.3. The molecule has 0 saturated carbocycles. The zero-order chi connectivity index (χ0) is 32.6. The van der Waals surface area contributed by atoms with Crippen LogP contribution in [0.15, 0.2) is 0 Å². The fourth-order valence-electron chi connectivity index (χ4n) is 3.55. The molecule has 0 aliphatic carbocycles. The van der Waals surface area contributed by atoms with Gasteiger partial charge in [-0.25, -0.2) is 4.79 Å². The van der Waals surface area contributed by atoms with Gasteiger partial charge in [0.05, 0.1) is 19.3 Å². The Morgan fingerprint density at radius 3 is 1.62 bits per heavy atom. The Balaban J connectivity index is 5.69. The summed E-state index contributed by atoms with van der Waals surface area (Å²) in [4.78, 5) is 74.7. The van der Waals surface area contributed by atoms with Gasteiger partial charge in [0.2, 0.25) is 29.5 Å². The second-order valence-corrected chi connectivity index (χ2v) is 10.4. The highest BCUT2D eigenvalue weighted by Crippen LogP contribution is 2.08. The number of hydrogen-bond donors (Lipinski definition) is 11. The quantitative estimate of drug-likeness (QED) is 0.0584. The van der Waals surface area contributed by atoms with Crippen LogP contribution in [0.1, 0.15) is 53.4 Å². The van der Waals surface area contributed by atoms with Gasteiger partial charge < -0.3 is 58.5 Å². The number of aliphatic hydroxyl groups excluding tert-OH is 3. The number of aliphatic hydroxyl groups is 3. The first kappa shape index (κ1) is 38.6. The molecule has 242 valence electrons. The van der Waals surface area contributed by atoms with E-state index in [1.165, 1.54) is 13.8 Å². The third-order valence-corrected chi connectivity index (χ3v) is 6.11. The number of carbonyl (C=O) groups excluding carboxylic acids is 5. The maximum Gasteiger partial charge on any atom is 0.328 e. The number of carboxylic acid groups (broad SMARTS) is 1. The zero-order valence-corrected chi connectivity index (χ0v) is 24.5. The van der Waals surface area contributed by atoms with Crippen molar-refractivity contribution >= 4 is 35.5 Å². The number of aliphatic carboxylic acids is 1. The molecule has 5 amide bonds. The smallest absolute Gasteiger partial charge is 0.328 e. The highest BCUT2D eigenvalue weighted by Gasteiger charge is 2.32. The van der Waals surface area contributed by atoms with Crippen LogP contribution in [0.4, 0.5) is 0 Å². The van der Waals surface area contributed by atoms with Gasteiger partial charge in [0.15, 0.2) is 0 Å². The molecule has 17 heteroatoms. The number of carboxylic acids is 1. The van der Waals surface area contributed by atoms with Gasteiger partial charge >= 0.3 is 5.97 Å². The molecule has 0 aliphatic heterocycles. The van der Waals surface area contributed by atoms with Crippen LogP contribution in [-0.4, -0.2) is 118 Å². The van der Waals surface area contributed by atoms with Crippen LogP contribution in [0, 0.1) is 5.92 Å². The number of nitrogens with one attached hydrogen (secondary N) is 5. The average Bonchev–Trinajstić information content (AvgIpc) is 2.91. The normalized spacial score (nSPS) is 16.1. The van der Waals surface area contributed by atoms with Crippen LogP contribution < -0.4 is 38.1 Å². The van der Waals surface area contributed by atoms with E-state index in [9.17, 15) is 39.0 Å². The minimum Gasteiger partial charge on any atom is -0.480 e. The number of amides is 5. The highest BCUT2D eigenvalue weighted by atomic mass is 16.4. The average molecular weight is 606 g/mol. The van der Waals surface area contributed by atoms with Crippen molar-refractivity contribution in [3.8, 4) is 0 Å². The molecule has 0 heterocycles. The molecule has 13 N–H and O–H groups in total. The summed E-state index contributed by atoms with van der Waals surface area (Å²) in [6.45, 7) is 4.75. The first-order chi connectivity index (χ1) is 19.6. The van der Waals surface area contributed by atoms with E-state index in [0.29, 0.717) is 19.4 Å². The molecule has 0 unspecified atom stereocenters. The second-order valence-electron chi connectivity index (χ2n) is 10.4. The van der Waals surface area contributed by atoms with Crippen molar-refractivity contribution in [1.29, 1.82) is 0 Å². The molecule has 0 bridgehead atoms. The summed E-state index contributed by atoms with van der Waals surface area (Å²) >= 11 is 0. The number of nitrogens with two attached hydrogens (primary N) is 2. The van der Waals surface area contributed by atoms with Crippen LogP contribution in [0.2, 0.25) is 0 Å². The van der Waals surface area contributed by atoms with E-state index < -0.39 is 91.1 Å². The highest BCUT2D eigenvalue weighted by molar-refractivity contribution is 5.96. The van der Waals surface area contributed by atoms with Crippen LogP contribution >= 0.6 is 0 Å². The zero-order valence-electron chi connectivity index (χ0n) is 24.5. The number of hydrogen-bond acceptors (Lipinski definition) is 11. The van der Waals surface area contributed by atoms with E-state index in [-0.39, 0.29) is 18.8 Å². The molecule has 0 spiro atoms. The van der Waals surface area contributed by atoms with Crippen molar-refractivity contribution in [1.82, 2.24) is 26.6 Å². The summed E-state index contributed by atoms with van der Waals surface area (Å²) in [6, 6.07) is -8.02. The molecule has 0 fully saturated rings. The van der Waals surface area contributed by atoms with E-state index in [1.807, 2.05) is 0 Å². The van der Waals surface area contributed by atoms with Gasteiger partial charge in [0, 0.05) is 0 Å². The Morgan fingerprint density at radius 1 is 0.667 bits per heavy atom. The topological polar surface area (TPSA) is 296 Å². The van der Waals surface area contributed by atoms with Crippen molar-refractivity contribution in [2.75, 3.05) is 19.8 Å². The van der Waals surface area contributed by atoms with Gasteiger partial charge in [-0.15, -0.1) is 0 Å². The van der Waals surface area contributed by atoms with Crippen molar-refractivity contribution in [3.05, 3.63) is 0 Å². The van der Waals surface area contributed by atoms with Crippen molar-refractivity contribution in [2.45, 2.75) is 95.7 Å². The van der Waals surface area contributed by atoms with Crippen molar-refractivity contribution in [3.63, 3.8) is 0 Å². The molecule has 0 rings (SSSR count). The molecule has 7 atom stereocenters. The SMILES string of the molecule is CC(C)C[C@H](NC(=O)[C@H](CCCCN)NC(=O)[C@H](CO)NC(=O)[C@@H](N)[C@@H](C)O)C(=O)N[C@@H](C)C(=O)N[C@@H](CO)C(=O)O. The van der Waals surface area contributed by atoms with Gasteiger partial charge in [-0.2, -0.15) is 0 Å². The molecule has 17 nitrogen and oxygen atoms in total. The van der Waals surface area contributed by atoms with Crippen LogP contribution in [0.5, 0.6) is 0 Å². The molecule has 0 saturated heterocycles. The third-order valence-electron chi connectivity index (χ3n) is 6.11. The summed E-state index contributed by atoms with van der Waals surface area (Å²) in [5, 5.41) is 49.0. The molecule has 0 aromatic heterocycles. The lowest BCUT2D eigenvalue weighted by Crippen LogP contribution is -2.60. The van der Waals surface area contributed by atoms with Gasteiger partial charge in [0.1, 0.15) is 36.3 Å². The predicted octanol–water partition coefficient (Wildman–Crippen LogP) is -4.62. The predicted molar refractivity (Wildman–Crippen MR) is 149 cm³/mol. The summed E-state index contributed by atoms with van der Waals surface area (Å²) in [5.41, 5.74) is 11.1. The van der Waals surface area contributed by atoms with Crippen LogP contribution in [0.25, 0.3) is 0 Å². The lowest BCUT2D eigenvalue weighted by Gasteiger charge is -2.27. The lowest BCUT2D eigenvalue weighted by molar-refractivity contribution is -0.143. The van der Waals surface area contributed by atoms with E-state index in [4.69, 9.17) is 21.7 Å². The van der Waals surface area contributed by atoms with Gasteiger partial charge in [-0.1, -0.05) is 13.8 Å². The first-order valence-electron chi connectivity index (χ1n) is 13.7. The molecular formula is C25H47N7O10. The molecule has 0 aromatic carbocycles. The Labute approximate surface area is 244 Å². The summed E-state index contributed by atoms with van der Waals surface area (Å²) in [5.74, 6) is -5.77. The van der Waals surface area contributed by atoms with Gasteiger partial charge in [0.25, 0.3) is 0 Å². The first-order valence-corrected chi connectivity index (χ1v) is 13.7. The van der Waals surface area contributed by atoms with Crippen molar-refractivity contribution < 1.29 is 49.2 Å². The van der Waals surface area contributed by atoms with Crippen molar-refractivity contribution in [2.24, 2.45) is 17.4 Å². The van der Waals surface area contributed by atoms with E-state index in [2.05, 4.69) is 26.6 Å². The standard InChI is InChI=1S/C25H47N7O10/c1-12(2)9-16(22(38)28-13(3)20(36)32-18(11-34)25(41)42)30-21(37)15(7-5-6-8-26)29-23(39)17(10-33)31-24(40)19(27)14(4)35/h12-19,33-35H,5-11,26-27H2,1-4H3,(H,28,38)(H,29,39)(H,30,37)(H,31,40)(H,32,36)(H,41,42)/t13-,14+,15-,16-,17-,18-,19-/m0/s1. The Bertz CT molecular complexity index is 918. The number of unbranched alkanes of at least 4 members (excludes halogenated alkanes) is 1. The molecule has 42 heavy (non-hydrogen) atoms. The largest absolute Gasteiger partial charge is 0.480 e. The minimum absolute atomic E-state index is 0.0978. The van der Waals surface area contributed by atoms with Gasteiger partial charge in [-0.3, -0.25) is 24.0 Å². The summed E-state index contributed by atoms with van der Waals surface area (Å²) in [6.07, 6.45) is -0.0762. The molecule has 0 radical (unpaired) electrons. The molecular weight excluding hydrogens is 558 g/mol. The lowest BCUT2D eigenvalue weighted by atomic mass is 10.0. The Kier molecular flexibility index (Phi) is 18.1. The third kappa shape index (κ3) is 14.0. The van der Waals surface area contributed by atoms with E-state index >= 15 is 0 Å². The Hall–Kier alpha value is -3.38. The fraction of sp³-hybridized carbons (Fsp3) is 0.760. The van der Waals surface area contributed by atoms with Crippen LogP contribution in [-0.2, 0) is 28.8 Å². The summed E-state index contributed by atoms with van der Waals surface area (Å²) < 4.78 is 0. The minimum atomic E-state index is -1.57. The van der Waals surface area contributed by atoms with Gasteiger partial charge in [-0.05, 0) is 52.0 Å².